The molecular weight excluding hydrogens is 378 g/mol. The number of carboxylic acids is 1. The molecule has 1 aliphatic heterocycles. The molecule has 3 rings (SSSR count). The number of amides is 1. The van der Waals surface area contributed by atoms with Crippen molar-refractivity contribution in [2.45, 2.75) is 18.1 Å². The molecule has 2 N–H and O–H groups in total. The molecule has 0 aromatic heterocycles. The summed E-state index contributed by atoms with van der Waals surface area (Å²) in [6.07, 6.45) is 2.08. The fourth-order valence-corrected chi connectivity index (χ4v) is 3.45. The normalized spacial score (nSPS) is 17.8. The van der Waals surface area contributed by atoms with Gasteiger partial charge in [-0.3, -0.25) is 9.59 Å². The van der Waals surface area contributed by atoms with Crippen LogP contribution in [0.3, 0.4) is 0 Å². The second-order valence-electron chi connectivity index (χ2n) is 5.97. The van der Waals surface area contributed by atoms with Crippen LogP contribution in [0.25, 0.3) is 0 Å². The van der Waals surface area contributed by atoms with Crippen LogP contribution in [0.1, 0.15) is 17.5 Å². The number of hydrogen-bond acceptors (Lipinski definition) is 6. The Hall–Kier alpha value is -3.13. The van der Waals surface area contributed by atoms with Gasteiger partial charge in [0.05, 0.1) is 19.2 Å². The van der Waals surface area contributed by atoms with Crippen LogP contribution in [0.4, 0.5) is 0 Å². The number of carbonyl (C=O) groups is 2. The van der Waals surface area contributed by atoms with Gasteiger partial charge in [0.25, 0.3) is 0 Å². The van der Waals surface area contributed by atoms with E-state index in [1.807, 2.05) is 42.5 Å². The number of hydrogen-bond donors (Lipinski definition) is 2. The van der Waals surface area contributed by atoms with Crippen molar-refractivity contribution in [3.05, 3.63) is 65.7 Å². The summed E-state index contributed by atoms with van der Waals surface area (Å²) in [7, 11) is 0. The van der Waals surface area contributed by atoms with E-state index in [1.54, 1.807) is 6.21 Å². The Labute approximate surface area is 166 Å². The lowest BCUT2D eigenvalue weighted by Gasteiger charge is -2.08. The van der Waals surface area contributed by atoms with Crippen LogP contribution in [0.15, 0.2) is 64.8 Å². The molecular formula is C20H19N3O4S. The van der Waals surface area contributed by atoms with E-state index in [2.05, 4.69) is 27.7 Å². The molecule has 0 saturated carbocycles. The van der Waals surface area contributed by atoms with Crippen molar-refractivity contribution >= 4 is 35.0 Å². The van der Waals surface area contributed by atoms with E-state index < -0.39 is 11.2 Å². The molecule has 0 aliphatic carbocycles. The number of nitrogens with zero attached hydrogens (tertiary/aromatic N) is 2. The van der Waals surface area contributed by atoms with E-state index in [9.17, 15) is 9.59 Å². The van der Waals surface area contributed by atoms with Gasteiger partial charge in [-0.25, -0.2) is 0 Å². The molecule has 1 heterocycles. The second-order valence-corrected chi connectivity index (χ2v) is 7.16. The lowest BCUT2D eigenvalue weighted by atomic mass is 10.2. The van der Waals surface area contributed by atoms with E-state index >= 15 is 0 Å². The Morgan fingerprint density at radius 1 is 1.18 bits per heavy atom. The number of amidine groups is 1. The molecule has 2 aromatic carbocycles. The molecule has 144 valence electrons. The molecule has 1 amide bonds. The van der Waals surface area contributed by atoms with Crippen LogP contribution in [-0.4, -0.2) is 40.2 Å². The van der Waals surface area contributed by atoms with E-state index in [0.29, 0.717) is 12.4 Å². The van der Waals surface area contributed by atoms with E-state index in [-0.39, 0.29) is 17.5 Å². The number of carbonyl (C=O) groups excluding carboxylic acids is 1. The molecule has 0 spiro atoms. The number of nitrogens with one attached hydrogen (secondary N) is 1. The number of thioether (sulfide) groups is 1. The minimum atomic E-state index is -1.03. The molecule has 8 heteroatoms. The van der Waals surface area contributed by atoms with Crippen LogP contribution >= 0.6 is 11.8 Å². The summed E-state index contributed by atoms with van der Waals surface area (Å²) >= 11 is 1.06. The highest BCUT2D eigenvalue weighted by molar-refractivity contribution is 8.15. The smallest absolute Gasteiger partial charge is 0.305 e. The SMILES string of the molecule is O=C(O)CC1SC(=NN=Cc2ccccc2OCCc2ccccc2)NC1=O. The number of para-hydroxylation sites is 1. The summed E-state index contributed by atoms with van der Waals surface area (Å²) in [4.78, 5) is 22.4. The average molecular weight is 397 g/mol. The third-order valence-electron chi connectivity index (χ3n) is 3.89. The van der Waals surface area contributed by atoms with Crippen molar-refractivity contribution in [1.29, 1.82) is 0 Å². The molecule has 1 atom stereocenters. The van der Waals surface area contributed by atoms with Gasteiger partial charge in [0.1, 0.15) is 11.0 Å². The largest absolute Gasteiger partial charge is 0.493 e. The summed E-state index contributed by atoms with van der Waals surface area (Å²) in [6.45, 7) is 0.534. The highest BCUT2D eigenvalue weighted by atomic mass is 32.2. The van der Waals surface area contributed by atoms with Crippen molar-refractivity contribution in [1.82, 2.24) is 5.32 Å². The molecule has 1 saturated heterocycles. The fourth-order valence-electron chi connectivity index (χ4n) is 2.53. The zero-order valence-electron chi connectivity index (χ0n) is 14.9. The van der Waals surface area contributed by atoms with Crippen molar-refractivity contribution in [2.75, 3.05) is 6.61 Å². The number of benzene rings is 2. The molecule has 1 unspecified atom stereocenters. The Balaban J connectivity index is 1.58. The third-order valence-corrected chi connectivity index (χ3v) is 4.96. The van der Waals surface area contributed by atoms with Crippen LogP contribution in [0.5, 0.6) is 5.75 Å². The van der Waals surface area contributed by atoms with Crippen molar-refractivity contribution in [3.8, 4) is 5.75 Å². The number of aliphatic carboxylic acids is 1. The van der Waals surface area contributed by atoms with Gasteiger partial charge < -0.3 is 15.2 Å². The third kappa shape index (κ3) is 5.68. The maximum Gasteiger partial charge on any atom is 0.305 e. The Kier molecular flexibility index (Phi) is 6.80. The molecule has 1 aliphatic rings. The van der Waals surface area contributed by atoms with Gasteiger partial charge in [0, 0.05) is 12.0 Å². The van der Waals surface area contributed by atoms with Crippen molar-refractivity contribution < 1.29 is 19.4 Å². The van der Waals surface area contributed by atoms with Gasteiger partial charge in [0.15, 0.2) is 5.17 Å². The second kappa shape index (κ2) is 9.70. The maximum atomic E-state index is 11.7. The Morgan fingerprint density at radius 2 is 1.93 bits per heavy atom. The molecule has 7 nitrogen and oxygen atoms in total. The highest BCUT2D eigenvalue weighted by Crippen LogP contribution is 2.22. The summed E-state index contributed by atoms with van der Waals surface area (Å²) in [5, 5.41) is 18.9. The standard InChI is InChI=1S/C20H19N3O4S/c24-18(25)12-17-19(26)22-20(28-17)23-21-13-15-8-4-5-9-16(15)27-11-10-14-6-2-1-3-7-14/h1-9,13,17H,10-12H2,(H,24,25)(H,22,23,26). The first kappa shape index (κ1) is 19.6. The number of ether oxygens (including phenoxy) is 1. The maximum absolute atomic E-state index is 11.7. The first-order chi connectivity index (χ1) is 13.6. The molecule has 0 radical (unpaired) electrons. The minimum absolute atomic E-state index is 0.253. The van der Waals surface area contributed by atoms with Gasteiger partial charge >= 0.3 is 5.97 Å². The number of rotatable bonds is 8. The fraction of sp³-hybridized carbons (Fsp3) is 0.200. The van der Waals surface area contributed by atoms with Gasteiger partial charge in [0.2, 0.25) is 5.91 Å². The molecule has 28 heavy (non-hydrogen) atoms. The zero-order valence-corrected chi connectivity index (χ0v) is 15.8. The summed E-state index contributed by atoms with van der Waals surface area (Å²) in [5.74, 6) is -0.709. The topological polar surface area (TPSA) is 100 Å². The van der Waals surface area contributed by atoms with Crippen molar-refractivity contribution in [3.63, 3.8) is 0 Å². The van der Waals surface area contributed by atoms with E-state index in [0.717, 1.165) is 23.7 Å². The van der Waals surface area contributed by atoms with Gasteiger partial charge in [-0.2, -0.15) is 5.10 Å². The molecule has 1 fully saturated rings. The van der Waals surface area contributed by atoms with Gasteiger partial charge in [-0.05, 0) is 17.7 Å². The predicted octanol–water partition coefficient (Wildman–Crippen LogP) is 2.70. The lowest BCUT2D eigenvalue weighted by Crippen LogP contribution is -2.26. The van der Waals surface area contributed by atoms with E-state index in [1.165, 1.54) is 5.56 Å². The van der Waals surface area contributed by atoms with E-state index in [4.69, 9.17) is 9.84 Å². The summed E-state index contributed by atoms with van der Waals surface area (Å²) < 4.78 is 5.86. The monoisotopic (exact) mass is 397 g/mol. The molecule has 2 aromatic rings. The van der Waals surface area contributed by atoms with Crippen molar-refractivity contribution in [2.24, 2.45) is 10.2 Å². The van der Waals surface area contributed by atoms with Gasteiger partial charge in [-0.15, -0.1) is 5.10 Å². The Bertz CT molecular complexity index is 899. The summed E-state index contributed by atoms with van der Waals surface area (Å²) in [5.41, 5.74) is 1.96. The van der Waals surface area contributed by atoms with Crippen LogP contribution < -0.4 is 10.1 Å². The molecule has 0 bridgehead atoms. The Morgan fingerprint density at radius 3 is 2.71 bits per heavy atom. The van der Waals surface area contributed by atoms with Crippen LogP contribution in [0.2, 0.25) is 0 Å². The lowest BCUT2D eigenvalue weighted by molar-refractivity contribution is -0.138. The zero-order chi connectivity index (χ0) is 19.8. The summed E-state index contributed by atoms with van der Waals surface area (Å²) in [6, 6.07) is 17.5. The van der Waals surface area contributed by atoms with Gasteiger partial charge in [-0.1, -0.05) is 54.2 Å². The first-order valence-electron chi connectivity index (χ1n) is 8.68. The van der Waals surface area contributed by atoms with Crippen LogP contribution in [0, 0.1) is 0 Å². The first-order valence-corrected chi connectivity index (χ1v) is 9.56. The number of carboxylic acid groups (broad SMARTS) is 1. The highest BCUT2D eigenvalue weighted by Gasteiger charge is 2.32. The van der Waals surface area contributed by atoms with Crippen LogP contribution in [-0.2, 0) is 16.0 Å². The average Bonchev–Trinajstić information content (AvgIpc) is 3.02. The quantitative estimate of drug-likeness (QED) is 0.527. The minimum Gasteiger partial charge on any atom is -0.493 e. The predicted molar refractivity (Wildman–Crippen MR) is 109 cm³/mol.